The molecule has 0 radical (unpaired) electrons. The molecule has 6 nitrogen and oxygen atoms in total. The van der Waals surface area contributed by atoms with Gasteiger partial charge < -0.3 is 19.1 Å². The number of ether oxygens (including phenoxy) is 3. The second-order valence-electron chi connectivity index (χ2n) is 6.74. The van der Waals surface area contributed by atoms with E-state index in [0.29, 0.717) is 36.6 Å². The lowest BCUT2D eigenvalue weighted by molar-refractivity contribution is -0.142. The minimum atomic E-state index is -0.769. The predicted octanol–water partition coefficient (Wildman–Crippen LogP) is 2.37. The van der Waals surface area contributed by atoms with E-state index in [4.69, 9.17) is 14.2 Å². The Bertz CT molecular complexity index is 907. The van der Waals surface area contributed by atoms with Crippen LogP contribution in [0.3, 0.4) is 0 Å². The molecule has 4 rings (SSSR count). The minimum Gasteiger partial charge on any atom is -0.493 e. The third kappa shape index (κ3) is 3.12. The molecule has 1 atom stereocenters. The van der Waals surface area contributed by atoms with Crippen LogP contribution in [0.25, 0.3) is 0 Å². The van der Waals surface area contributed by atoms with Gasteiger partial charge in [0.05, 0.1) is 19.8 Å². The minimum absolute atomic E-state index is 0.154. The Kier molecular flexibility index (Phi) is 4.48. The van der Waals surface area contributed by atoms with Gasteiger partial charge in [-0.1, -0.05) is 18.2 Å². The van der Waals surface area contributed by atoms with Gasteiger partial charge in [-0.25, -0.2) is 4.79 Å². The zero-order chi connectivity index (χ0) is 19.0. The number of rotatable bonds is 3. The van der Waals surface area contributed by atoms with E-state index in [1.165, 1.54) is 0 Å². The predicted molar refractivity (Wildman–Crippen MR) is 98.0 cm³/mol. The topological polar surface area (TPSA) is 65.1 Å². The maximum Gasteiger partial charge on any atom is 0.339 e. The van der Waals surface area contributed by atoms with E-state index in [1.807, 2.05) is 24.3 Å². The number of nitrogens with zero attached hydrogens (tertiary/aromatic N) is 1. The molecule has 6 heteroatoms. The summed E-state index contributed by atoms with van der Waals surface area (Å²) in [5.74, 6) is 0.745. The van der Waals surface area contributed by atoms with Crippen LogP contribution in [0.4, 0.5) is 0 Å². The molecular formula is C21H21NO5. The molecule has 27 heavy (non-hydrogen) atoms. The average molecular weight is 367 g/mol. The van der Waals surface area contributed by atoms with Crippen molar-refractivity contribution < 1.29 is 23.8 Å². The number of carbonyl (C=O) groups is 2. The van der Waals surface area contributed by atoms with Gasteiger partial charge in [-0.3, -0.25) is 4.79 Å². The number of hydrogen-bond donors (Lipinski definition) is 0. The van der Waals surface area contributed by atoms with E-state index in [9.17, 15) is 9.59 Å². The van der Waals surface area contributed by atoms with E-state index in [-0.39, 0.29) is 5.91 Å². The summed E-state index contributed by atoms with van der Waals surface area (Å²) in [7, 11) is 3.20. The molecular weight excluding hydrogens is 346 g/mol. The van der Waals surface area contributed by atoms with Crippen LogP contribution < -0.4 is 9.47 Å². The molecule has 2 aromatic carbocycles. The van der Waals surface area contributed by atoms with E-state index in [0.717, 1.165) is 23.1 Å². The Morgan fingerprint density at radius 3 is 2.52 bits per heavy atom. The average Bonchev–Trinajstić information content (AvgIpc) is 2.71. The fraction of sp³-hybridized carbons (Fsp3) is 0.333. The monoisotopic (exact) mass is 367 g/mol. The van der Waals surface area contributed by atoms with Crippen molar-refractivity contribution in [3.05, 3.63) is 58.7 Å². The van der Waals surface area contributed by atoms with Gasteiger partial charge in [-0.05, 0) is 41.3 Å². The molecule has 0 spiro atoms. The lowest BCUT2D eigenvalue weighted by atomic mass is 9.95. The van der Waals surface area contributed by atoms with Gasteiger partial charge in [-0.15, -0.1) is 0 Å². The quantitative estimate of drug-likeness (QED) is 0.780. The van der Waals surface area contributed by atoms with Crippen LogP contribution in [0.2, 0.25) is 0 Å². The van der Waals surface area contributed by atoms with Crippen LogP contribution in [0.15, 0.2) is 36.4 Å². The standard InChI is InChI=1S/C21H21NO5/c1-25-17-9-13-7-8-22(12-15(13)11-18(17)26-2)20(23)19-10-14-5-3-4-6-16(14)21(24)27-19/h3-6,9,11,19H,7-8,10,12H2,1-2H3. The second-order valence-corrected chi connectivity index (χ2v) is 6.74. The van der Waals surface area contributed by atoms with Crippen LogP contribution in [-0.2, 0) is 28.9 Å². The summed E-state index contributed by atoms with van der Waals surface area (Å²) >= 11 is 0. The molecule has 2 aliphatic rings. The van der Waals surface area contributed by atoms with E-state index in [1.54, 1.807) is 31.3 Å². The smallest absolute Gasteiger partial charge is 0.339 e. The number of fused-ring (bicyclic) bond motifs is 2. The summed E-state index contributed by atoms with van der Waals surface area (Å²) < 4.78 is 16.1. The van der Waals surface area contributed by atoms with Gasteiger partial charge in [-0.2, -0.15) is 0 Å². The Morgan fingerprint density at radius 2 is 1.78 bits per heavy atom. The molecule has 0 aromatic heterocycles. The van der Waals surface area contributed by atoms with Crippen molar-refractivity contribution in [1.82, 2.24) is 4.90 Å². The van der Waals surface area contributed by atoms with E-state index >= 15 is 0 Å². The van der Waals surface area contributed by atoms with Crippen molar-refractivity contribution in [2.24, 2.45) is 0 Å². The highest BCUT2D eigenvalue weighted by Crippen LogP contribution is 2.33. The van der Waals surface area contributed by atoms with Crippen molar-refractivity contribution in [1.29, 1.82) is 0 Å². The Hall–Kier alpha value is -3.02. The number of benzene rings is 2. The van der Waals surface area contributed by atoms with Crippen LogP contribution in [-0.4, -0.2) is 43.6 Å². The Morgan fingerprint density at radius 1 is 1.07 bits per heavy atom. The number of esters is 1. The molecule has 1 unspecified atom stereocenters. The second kappa shape index (κ2) is 6.95. The molecule has 2 heterocycles. The Labute approximate surface area is 157 Å². The lowest BCUT2D eigenvalue weighted by Crippen LogP contribution is -2.46. The maximum absolute atomic E-state index is 13.0. The summed E-state index contributed by atoms with van der Waals surface area (Å²) in [5.41, 5.74) is 3.57. The van der Waals surface area contributed by atoms with Gasteiger partial charge >= 0.3 is 5.97 Å². The summed E-state index contributed by atoms with van der Waals surface area (Å²) in [6.45, 7) is 1.04. The largest absolute Gasteiger partial charge is 0.493 e. The van der Waals surface area contributed by atoms with Crippen molar-refractivity contribution in [2.45, 2.75) is 25.5 Å². The first-order valence-electron chi connectivity index (χ1n) is 8.92. The summed E-state index contributed by atoms with van der Waals surface area (Å²) in [6, 6.07) is 11.2. The maximum atomic E-state index is 13.0. The third-order valence-electron chi connectivity index (χ3n) is 5.20. The SMILES string of the molecule is COc1cc2c(cc1OC)CN(C(=O)C1Cc3ccccc3C(=O)O1)CC2. The van der Waals surface area contributed by atoms with Crippen molar-refractivity contribution in [2.75, 3.05) is 20.8 Å². The van der Waals surface area contributed by atoms with Crippen LogP contribution >= 0.6 is 0 Å². The third-order valence-corrected chi connectivity index (χ3v) is 5.20. The fourth-order valence-corrected chi connectivity index (χ4v) is 3.74. The highest BCUT2D eigenvalue weighted by molar-refractivity contribution is 5.95. The van der Waals surface area contributed by atoms with Crippen LogP contribution in [0.1, 0.15) is 27.0 Å². The first-order valence-corrected chi connectivity index (χ1v) is 8.92. The van der Waals surface area contributed by atoms with Gasteiger partial charge in [0.1, 0.15) is 0 Å². The molecule has 2 aliphatic heterocycles. The van der Waals surface area contributed by atoms with Gasteiger partial charge in [0.25, 0.3) is 5.91 Å². The van der Waals surface area contributed by atoms with Crippen molar-refractivity contribution in [3.63, 3.8) is 0 Å². The molecule has 140 valence electrons. The Balaban J connectivity index is 1.54. The van der Waals surface area contributed by atoms with Gasteiger partial charge in [0.15, 0.2) is 17.6 Å². The molecule has 0 saturated carbocycles. The zero-order valence-corrected chi connectivity index (χ0v) is 15.4. The fourth-order valence-electron chi connectivity index (χ4n) is 3.74. The van der Waals surface area contributed by atoms with Crippen molar-refractivity contribution >= 4 is 11.9 Å². The zero-order valence-electron chi connectivity index (χ0n) is 15.4. The van der Waals surface area contributed by atoms with Crippen LogP contribution in [0.5, 0.6) is 11.5 Å². The van der Waals surface area contributed by atoms with Gasteiger partial charge in [0.2, 0.25) is 0 Å². The summed E-state index contributed by atoms with van der Waals surface area (Å²) in [5, 5.41) is 0. The van der Waals surface area contributed by atoms with E-state index in [2.05, 4.69) is 0 Å². The summed E-state index contributed by atoms with van der Waals surface area (Å²) in [6.07, 6.45) is 0.364. The highest BCUT2D eigenvalue weighted by atomic mass is 16.5. The molecule has 0 saturated heterocycles. The number of amides is 1. The van der Waals surface area contributed by atoms with Crippen LogP contribution in [0, 0.1) is 0 Å². The number of carbonyl (C=O) groups excluding carboxylic acids is 2. The molecule has 0 fully saturated rings. The molecule has 2 aromatic rings. The highest BCUT2D eigenvalue weighted by Gasteiger charge is 2.35. The van der Waals surface area contributed by atoms with Gasteiger partial charge in [0, 0.05) is 19.5 Å². The lowest BCUT2D eigenvalue weighted by Gasteiger charge is -2.33. The molecule has 0 aliphatic carbocycles. The molecule has 0 N–H and O–H groups in total. The first kappa shape index (κ1) is 17.4. The number of methoxy groups -OCH3 is 2. The summed E-state index contributed by atoms with van der Waals surface area (Å²) in [4.78, 5) is 27.0. The molecule has 0 bridgehead atoms. The number of hydrogen-bond acceptors (Lipinski definition) is 5. The van der Waals surface area contributed by atoms with E-state index < -0.39 is 12.1 Å². The first-order chi connectivity index (χ1) is 13.1. The molecule has 1 amide bonds. The normalized spacial score (nSPS) is 18.2. The number of cyclic esters (lactones) is 1. The van der Waals surface area contributed by atoms with Crippen molar-refractivity contribution in [3.8, 4) is 11.5 Å².